The smallest absolute Gasteiger partial charge is 0.416 e. The maximum absolute atomic E-state index is 12.7. The van der Waals surface area contributed by atoms with Gasteiger partial charge in [-0.1, -0.05) is 12.6 Å². The molecule has 1 atom stereocenters. The highest BCUT2D eigenvalue weighted by Crippen LogP contribution is 2.31. The van der Waals surface area contributed by atoms with Crippen molar-refractivity contribution in [1.82, 2.24) is 4.90 Å². The monoisotopic (exact) mass is 325 g/mol. The predicted octanol–water partition coefficient (Wildman–Crippen LogP) is 2.31. The second-order valence-corrected chi connectivity index (χ2v) is 4.77. The van der Waals surface area contributed by atoms with Crippen LogP contribution in [0.3, 0.4) is 0 Å². The second kappa shape index (κ2) is 6.55. The van der Waals surface area contributed by atoms with E-state index in [-0.39, 0.29) is 17.9 Å². The summed E-state index contributed by atoms with van der Waals surface area (Å²) in [5, 5.41) is 0. The van der Waals surface area contributed by atoms with E-state index < -0.39 is 23.9 Å². The third-order valence-corrected chi connectivity index (χ3v) is 3.02. The lowest BCUT2D eigenvalue weighted by atomic mass is 10.2. The molecule has 5 nitrogen and oxygen atoms in total. The Morgan fingerprint density at radius 3 is 2.83 bits per heavy atom. The van der Waals surface area contributed by atoms with Gasteiger partial charge in [0.2, 0.25) is 12.1 Å². The van der Waals surface area contributed by atoms with Gasteiger partial charge in [-0.15, -0.1) is 0 Å². The molecule has 0 aliphatic carbocycles. The van der Waals surface area contributed by atoms with Crippen molar-refractivity contribution in [2.24, 2.45) is 10.7 Å². The van der Waals surface area contributed by atoms with E-state index in [2.05, 4.69) is 11.6 Å². The molecule has 122 valence electrons. The maximum atomic E-state index is 12.7. The molecule has 0 radical (unpaired) electrons. The van der Waals surface area contributed by atoms with Gasteiger partial charge in [-0.2, -0.15) is 13.2 Å². The van der Waals surface area contributed by atoms with E-state index in [0.29, 0.717) is 0 Å². The number of aliphatic imine (C=N–C) groups is 1. The maximum Gasteiger partial charge on any atom is 0.416 e. The first-order valence-electron chi connectivity index (χ1n) is 6.54. The molecule has 0 aromatic heterocycles. The molecule has 23 heavy (non-hydrogen) atoms. The zero-order valence-corrected chi connectivity index (χ0v) is 12.0. The van der Waals surface area contributed by atoms with E-state index in [1.54, 1.807) is 4.90 Å². The molecule has 0 bridgehead atoms. The number of primary amides is 1. The minimum absolute atomic E-state index is 0.0289. The number of nitrogens with zero attached hydrogens (tertiary/aromatic N) is 2. The number of nitrogens with two attached hydrogens (primary N) is 1. The number of rotatable bonds is 5. The van der Waals surface area contributed by atoms with Gasteiger partial charge < -0.3 is 15.4 Å². The van der Waals surface area contributed by atoms with Crippen molar-refractivity contribution < 1.29 is 22.7 Å². The Labute approximate surface area is 130 Å². The van der Waals surface area contributed by atoms with Crippen LogP contribution in [-0.4, -0.2) is 29.8 Å². The molecule has 1 aromatic carbocycles. The Kier molecular flexibility index (Phi) is 4.73. The molecular formula is C15H14F3N3O2. The van der Waals surface area contributed by atoms with Crippen LogP contribution in [0.4, 0.5) is 13.2 Å². The third-order valence-electron chi connectivity index (χ3n) is 3.02. The zero-order chi connectivity index (χ0) is 17.0. The quantitative estimate of drug-likeness (QED) is 0.845. The van der Waals surface area contributed by atoms with Gasteiger partial charge in [0.15, 0.2) is 0 Å². The van der Waals surface area contributed by atoms with E-state index in [9.17, 15) is 18.0 Å². The number of alkyl halides is 3. The Bertz CT molecular complexity index is 668. The fraction of sp³-hybridized carbons (Fsp3) is 0.200. The number of halogens is 3. The number of carbonyl (C=O) groups excluding carboxylic acids is 1. The molecule has 1 heterocycles. The summed E-state index contributed by atoms with van der Waals surface area (Å²) in [4.78, 5) is 16.5. The molecule has 0 saturated heterocycles. The van der Waals surface area contributed by atoms with Gasteiger partial charge in [0.25, 0.3) is 0 Å². The zero-order valence-electron chi connectivity index (χ0n) is 12.0. The van der Waals surface area contributed by atoms with Crippen LogP contribution in [0.1, 0.15) is 5.56 Å². The summed E-state index contributed by atoms with van der Waals surface area (Å²) >= 11 is 0. The van der Waals surface area contributed by atoms with Crippen molar-refractivity contribution in [3.05, 3.63) is 54.4 Å². The van der Waals surface area contributed by atoms with Gasteiger partial charge in [-0.05, 0) is 18.2 Å². The van der Waals surface area contributed by atoms with E-state index in [1.807, 2.05) is 0 Å². The molecule has 0 fully saturated rings. The van der Waals surface area contributed by atoms with E-state index in [1.165, 1.54) is 30.7 Å². The van der Waals surface area contributed by atoms with Crippen molar-refractivity contribution in [2.75, 3.05) is 6.54 Å². The van der Waals surface area contributed by atoms with Gasteiger partial charge in [0.05, 0.1) is 18.3 Å². The number of benzene rings is 1. The summed E-state index contributed by atoms with van der Waals surface area (Å²) in [7, 11) is 0. The van der Waals surface area contributed by atoms with Gasteiger partial charge in [-0.25, -0.2) is 0 Å². The number of hydrogen-bond donors (Lipinski definition) is 1. The number of ether oxygens (including phenoxy) is 1. The molecule has 2 rings (SSSR count). The summed E-state index contributed by atoms with van der Waals surface area (Å²) in [5.74, 6) is -0.639. The highest BCUT2D eigenvalue weighted by atomic mass is 19.4. The average Bonchev–Trinajstić information content (AvgIpc) is 2.48. The minimum Gasteiger partial charge on any atom is -0.465 e. The second-order valence-electron chi connectivity index (χ2n) is 4.77. The normalized spacial score (nSPS) is 17.2. The van der Waals surface area contributed by atoms with Crippen molar-refractivity contribution in [2.45, 2.75) is 12.4 Å². The fourth-order valence-electron chi connectivity index (χ4n) is 1.84. The molecule has 1 amide bonds. The van der Waals surface area contributed by atoms with Crippen LogP contribution >= 0.6 is 0 Å². The average molecular weight is 325 g/mol. The number of hydrogen-bond acceptors (Lipinski definition) is 4. The Hall–Kier alpha value is -2.77. The van der Waals surface area contributed by atoms with Crippen molar-refractivity contribution in [3.63, 3.8) is 0 Å². The Balaban J connectivity index is 2.14. The molecule has 2 N–H and O–H groups in total. The first-order chi connectivity index (χ1) is 10.8. The van der Waals surface area contributed by atoms with Gasteiger partial charge >= 0.3 is 6.18 Å². The van der Waals surface area contributed by atoms with Crippen molar-refractivity contribution in [1.29, 1.82) is 0 Å². The molecule has 0 saturated carbocycles. The van der Waals surface area contributed by atoms with Crippen LogP contribution in [0.15, 0.2) is 53.8 Å². The third kappa shape index (κ3) is 4.35. The van der Waals surface area contributed by atoms with Crippen LogP contribution in [0.5, 0.6) is 5.75 Å². The lowest BCUT2D eigenvalue weighted by molar-refractivity contribution is -0.137. The van der Waals surface area contributed by atoms with Crippen molar-refractivity contribution >= 4 is 12.1 Å². The van der Waals surface area contributed by atoms with E-state index in [4.69, 9.17) is 10.5 Å². The molecule has 1 aliphatic rings. The Morgan fingerprint density at radius 1 is 1.43 bits per heavy atom. The SMILES string of the molecule is C=C(CN1C=CN=CC1Oc1cccc(C(F)(F)F)c1)C(N)=O. The lowest BCUT2D eigenvalue weighted by Gasteiger charge is -2.30. The fourth-order valence-corrected chi connectivity index (χ4v) is 1.84. The standard InChI is InChI=1S/C15H14F3N3O2/c1-10(14(19)22)9-21-6-5-20-8-13(21)23-12-4-2-3-11(7-12)15(16,17)18/h2-8,13H,1,9H2,(H2,19,22). The predicted molar refractivity (Wildman–Crippen MR) is 78.5 cm³/mol. The summed E-state index contributed by atoms with van der Waals surface area (Å²) in [5.41, 5.74) is 4.46. The molecular weight excluding hydrogens is 311 g/mol. The van der Waals surface area contributed by atoms with E-state index >= 15 is 0 Å². The Morgan fingerprint density at radius 2 is 2.17 bits per heavy atom. The van der Waals surface area contributed by atoms with Gasteiger partial charge in [0, 0.05) is 18.0 Å². The summed E-state index contributed by atoms with van der Waals surface area (Å²) in [6.45, 7) is 3.61. The van der Waals surface area contributed by atoms with Crippen molar-refractivity contribution in [3.8, 4) is 5.75 Å². The largest absolute Gasteiger partial charge is 0.465 e. The summed E-state index contributed by atoms with van der Waals surface area (Å²) in [6, 6.07) is 4.50. The highest BCUT2D eigenvalue weighted by molar-refractivity contribution is 5.91. The van der Waals surface area contributed by atoms with Crippen LogP contribution < -0.4 is 10.5 Å². The van der Waals surface area contributed by atoms with Crippen LogP contribution in [0.25, 0.3) is 0 Å². The molecule has 1 aliphatic heterocycles. The first-order valence-corrected chi connectivity index (χ1v) is 6.54. The minimum atomic E-state index is -4.46. The molecule has 1 aromatic rings. The summed E-state index contributed by atoms with van der Waals surface area (Å²) in [6.07, 6.45) is -0.847. The topological polar surface area (TPSA) is 67.9 Å². The molecule has 0 spiro atoms. The van der Waals surface area contributed by atoms with Gasteiger partial charge in [-0.3, -0.25) is 9.79 Å². The molecule has 1 unspecified atom stereocenters. The van der Waals surface area contributed by atoms with Crippen LogP contribution in [0.2, 0.25) is 0 Å². The molecule has 8 heteroatoms. The highest BCUT2D eigenvalue weighted by Gasteiger charge is 2.31. The lowest BCUT2D eigenvalue weighted by Crippen LogP contribution is -2.40. The first kappa shape index (κ1) is 16.6. The van der Waals surface area contributed by atoms with Crippen LogP contribution in [-0.2, 0) is 11.0 Å². The summed E-state index contributed by atoms with van der Waals surface area (Å²) < 4.78 is 43.7. The van der Waals surface area contributed by atoms with E-state index in [0.717, 1.165) is 12.1 Å². The number of carbonyl (C=O) groups is 1. The number of amides is 1. The van der Waals surface area contributed by atoms with Gasteiger partial charge in [0.1, 0.15) is 5.75 Å². The van der Waals surface area contributed by atoms with Crippen LogP contribution in [0, 0.1) is 0 Å².